The molecule has 0 aliphatic heterocycles. The lowest BCUT2D eigenvalue weighted by atomic mass is 10.2. The minimum absolute atomic E-state index is 0.00409. The lowest BCUT2D eigenvalue weighted by molar-refractivity contribution is 0.0773. The van der Waals surface area contributed by atoms with Gasteiger partial charge in [-0.3, -0.25) is 14.6 Å². The van der Waals surface area contributed by atoms with E-state index in [0.717, 1.165) is 5.56 Å². The fraction of sp³-hybridized carbons (Fsp3) is 0.150. The summed E-state index contributed by atoms with van der Waals surface area (Å²) in [5.41, 5.74) is -0.548. The first-order valence-electron chi connectivity index (χ1n) is 8.77. The highest BCUT2D eigenvalue weighted by atomic mass is 16.7. The number of aromatic nitrogens is 2. The van der Waals surface area contributed by atoms with Gasteiger partial charge in [0.2, 0.25) is 0 Å². The highest BCUT2D eigenvalue weighted by Crippen LogP contribution is 2.11. The molecule has 0 atom stereocenters. The fourth-order valence-electron chi connectivity index (χ4n) is 2.59. The summed E-state index contributed by atoms with van der Waals surface area (Å²) in [6.07, 6.45) is 0. The quantitative estimate of drug-likeness (QED) is 0.580. The fourth-order valence-corrected chi connectivity index (χ4v) is 2.59. The van der Waals surface area contributed by atoms with E-state index in [1.807, 2.05) is 24.3 Å². The average Bonchev–Trinajstić information content (AvgIpc) is 2.69. The van der Waals surface area contributed by atoms with Crippen LogP contribution in [0, 0.1) is 0 Å². The molecular formula is C20H20N4O4. The number of rotatable bonds is 7. The van der Waals surface area contributed by atoms with Gasteiger partial charge in [0, 0.05) is 12.2 Å². The number of amides is 1. The van der Waals surface area contributed by atoms with Crippen LogP contribution in [0.2, 0.25) is 0 Å². The van der Waals surface area contributed by atoms with E-state index < -0.39 is 17.2 Å². The minimum Gasteiger partial charge on any atom is -0.401 e. The first-order valence-corrected chi connectivity index (χ1v) is 8.77. The monoisotopic (exact) mass is 380 g/mol. The Hall–Kier alpha value is -3.81. The molecule has 0 fully saturated rings. The third-order valence-corrected chi connectivity index (χ3v) is 3.88. The van der Waals surface area contributed by atoms with Crippen LogP contribution in [0.4, 0.5) is 11.5 Å². The van der Waals surface area contributed by atoms with Crippen LogP contribution in [0.1, 0.15) is 22.8 Å². The molecule has 3 aromatic rings. The van der Waals surface area contributed by atoms with Crippen molar-refractivity contribution in [2.45, 2.75) is 13.5 Å². The van der Waals surface area contributed by atoms with Gasteiger partial charge in [-0.2, -0.15) is 0 Å². The number of carbonyl (C=O) groups excluding carboxylic acids is 1. The van der Waals surface area contributed by atoms with E-state index in [2.05, 4.69) is 15.6 Å². The van der Waals surface area contributed by atoms with Crippen LogP contribution < -0.4 is 26.7 Å². The zero-order chi connectivity index (χ0) is 19.9. The van der Waals surface area contributed by atoms with Crippen molar-refractivity contribution < 1.29 is 9.63 Å². The third kappa shape index (κ3) is 4.29. The Morgan fingerprint density at radius 2 is 1.68 bits per heavy atom. The second kappa shape index (κ2) is 8.72. The standard InChI is InChI=1S/C20H20N4O4/c1-2-21-17-16(18(25)22-15-11-7-4-8-12-15)19(26)24(20(27)23-17)28-13-14-9-5-3-6-10-14/h3-12,21H,2,13H2,1H3,(H,22,25)(H,23,27). The zero-order valence-electron chi connectivity index (χ0n) is 15.3. The summed E-state index contributed by atoms with van der Waals surface area (Å²) in [6.45, 7) is 2.20. The second-order valence-corrected chi connectivity index (χ2v) is 5.89. The summed E-state index contributed by atoms with van der Waals surface area (Å²) in [4.78, 5) is 45.8. The van der Waals surface area contributed by atoms with Gasteiger partial charge in [-0.25, -0.2) is 4.79 Å². The number of anilines is 2. The first kappa shape index (κ1) is 19.0. The van der Waals surface area contributed by atoms with Crippen molar-refractivity contribution in [1.82, 2.24) is 9.71 Å². The summed E-state index contributed by atoms with van der Waals surface area (Å²) in [6, 6.07) is 17.8. The van der Waals surface area contributed by atoms with Crippen LogP contribution in [0.15, 0.2) is 70.3 Å². The molecule has 0 bridgehead atoms. The Kier molecular flexibility index (Phi) is 5.91. The lowest BCUT2D eigenvalue weighted by Crippen LogP contribution is -2.44. The predicted octanol–water partition coefficient (Wildman–Crippen LogP) is 1.85. The van der Waals surface area contributed by atoms with Crippen molar-refractivity contribution in [3.8, 4) is 0 Å². The van der Waals surface area contributed by atoms with Gasteiger partial charge in [-0.05, 0) is 24.6 Å². The zero-order valence-corrected chi connectivity index (χ0v) is 15.3. The van der Waals surface area contributed by atoms with Gasteiger partial charge in [0.05, 0.1) is 0 Å². The van der Waals surface area contributed by atoms with Gasteiger partial charge in [0.1, 0.15) is 18.0 Å². The molecular weight excluding hydrogens is 360 g/mol. The van der Waals surface area contributed by atoms with E-state index >= 15 is 0 Å². The number of H-pyrrole nitrogens is 1. The summed E-state index contributed by atoms with van der Waals surface area (Å²) in [5, 5.41) is 5.49. The maximum absolute atomic E-state index is 12.9. The van der Waals surface area contributed by atoms with Crippen LogP contribution in [0.25, 0.3) is 0 Å². The number of para-hydroxylation sites is 1. The molecule has 3 N–H and O–H groups in total. The average molecular weight is 380 g/mol. The Balaban J connectivity index is 1.96. The Bertz CT molecular complexity index is 1060. The molecule has 0 spiro atoms. The molecule has 1 aromatic heterocycles. The van der Waals surface area contributed by atoms with E-state index in [0.29, 0.717) is 17.0 Å². The van der Waals surface area contributed by atoms with Gasteiger partial charge < -0.3 is 15.5 Å². The van der Waals surface area contributed by atoms with Gasteiger partial charge >= 0.3 is 11.2 Å². The molecule has 0 saturated carbocycles. The molecule has 0 aliphatic carbocycles. The van der Waals surface area contributed by atoms with Crippen LogP contribution in [0.5, 0.6) is 0 Å². The van der Waals surface area contributed by atoms with E-state index in [9.17, 15) is 14.4 Å². The molecule has 0 aliphatic rings. The van der Waals surface area contributed by atoms with Crippen molar-refractivity contribution in [2.24, 2.45) is 0 Å². The lowest BCUT2D eigenvalue weighted by Gasteiger charge is -2.13. The Morgan fingerprint density at radius 1 is 1.04 bits per heavy atom. The molecule has 1 heterocycles. The molecule has 8 nitrogen and oxygen atoms in total. The van der Waals surface area contributed by atoms with Gasteiger partial charge in [0.15, 0.2) is 0 Å². The third-order valence-electron chi connectivity index (χ3n) is 3.88. The number of benzene rings is 2. The SMILES string of the molecule is CCNc1[nH]c(=O)n(OCc2ccccc2)c(=O)c1C(=O)Nc1ccccc1. The first-order chi connectivity index (χ1) is 13.6. The molecule has 0 unspecified atom stereocenters. The number of hydrogen-bond acceptors (Lipinski definition) is 5. The highest BCUT2D eigenvalue weighted by Gasteiger charge is 2.21. The van der Waals surface area contributed by atoms with Gasteiger partial charge in [-0.1, -0.05) is 53.3 Å². The van der Waals surface area contributed by atoms with Crippen LogP contribution in [-0.4, -0.2) is 22.2 Å². The highest BCUT2D eigenvalue weighted by molar-refractivity contribution is 6.07. The molecule has 8 heteroatoms. The van der Waals surface area contributed by atoms with Crippen LogP contribution in [0.3, 0.4) is 0 Å². The summed E-state index contributed by atoms with van der Waals surface area (Å²) < 4.78 is 0.563. The normalized spacial score (nSPS) is 10.3. The number of hydrogen-bond donors (Lipinski definition) is 3. The van der Waals surface area contributed by atoms with E-state index in [1.54, 1.807) is 43.3 Å². The van der Waals surface area contributed by atoms with Crippen molar-refractivity contribution >= 4 is 17.4 Å². The molecule has 3 rings (SSSR count). The summed E-state index contributed by atoms with van der Waals surface area (Å²) in [5.74, 6) is -0.606. The van der Waals surface area contributed by atoms with Crippen LogP contribution >= 0.6 is 0 Å². The van der Waals surface area contributed by atoms with E-state index in [4.69, 9.17) is 4.84 Å². The Labute approximate surface area is 160 Å². The van der Waals surface area contributed by atoms with Gasteiger partial charge in [-0.15, -0.1) is 0 Å². The van der Waals surface area contributed by atoms with Crippen molar-refractivity contribution in [3.63, 3.8) is 0 Å². The van der Waals surface area contributed by atoms with Crippen molar-refractivity contribution in [2.75, 3.05) is 17.2 Å². The number of nitrogens with zero attached hydrogens (tertiary/aromatic N) is 1. The second-order valence-electron chi connectivity index (χ2n) is 5.89. The maximum atomic E-state index is 12.9. The number of nitrogens with one attached hydrogen (secondary N) is 3. The predicted molar refractivity (Wildman–Crippen MR) is 107 cm³/mol. The Morgan fingerprint density at radius 3 is 2.32 bits per heavy atom. The number of aromatic amines is 1. The van der Waals surface area contributed by atoms with Crippen LogP contribution in [-0.2, 0) is 6.61 Å². The molecule has 0 saturated heterocycles. The van der Waals surface area contributed by atoms with Crippen molar-refractivity contribution in [1.29, 1.82) is 0 Å². The summed E-state index contributed by atoms with van der Waals surface area (Å²) >= 11 is 0. The largest absolute Gasteiger partial charge is 0.401 e. The van der Waals surface area contributed by atoms with E-state index in [1.165, 1.54) is 0 Å². The molecule has 144 valence electrons. The number of carbonyl (C=O) groups is 1. The van der Waals surface area contributed by atoms with E-state index in [-0.39, 0.29) is 18.0 Å². The molecule has 1 amide bonds. The summed E-state index contributed by atoms with van der Waals surface area (Å²) in [7, 11) is 0. The maximum Gasteiger partial charge on any atom is 0.363 e. The topological polar surface area (TPSA) is 105 Å². The molecule has 2 aromatic carbocycles. The van der Waals surface area contributed by atoms with Crippen molar-refractivity contribution in [3.05, 3.63) is 92.6 Å². The molecule has 0 radical (unpaired) electrons. The minimum atomic E-state index is -0.843. The van der Waals surface area contributed by atoms with Gasteiger partial charge in [0.25, 0.3) is 5.91 Å². The molecule has 28 heavy (non-hydrogen) atoms. The smallest absolute Gasteiger partial charge is 0.363 e.